The van der Waals surface area contributed by atoms with Gasteiger partial charge in [-0.1, -0.05) is 19.9 Å². The van der Waals surface area contributed by atoms with Crippen molar-refractivity contribution in [2.45, 2.75) is 33.9 Å². The van der Waals surface area contributed by atoms with Crippen LogP contribution < -0.4 is 10.1 Å². The van der Waals surface area contributed by atoms with E-state index in [2.05, 4.69) is 35.2 Å². The molecular weight excluding hydrogens is 262 g/mol. The molecule has 0 unspecified atom stereocenters. The van der Waals surface area contributed by atoms with E-state index in [0.29, 0.717) is 12.5 Å². The smallest absolute Gasteiger partial charge is 0.138 e. The number of nitrogens with one attached hydrogen (secondary N) is 1. The van der Waals surface area contributed by atoms with Crippen molar-refractivity contribution in [2.24, 2.45) is 5.92 Å². The van der Waals surface area contributed by atoms with Crippen LogP contribution in [0.25, 0.3) is 0 Å². The fraction of sp³-hybridized carbons (Fsp3) is 0.412. The molecule has 1 N–H and O–H groups in total. The molecule has 0 aliphatic rings. The highest BCUT2D eigenvalue weighted by molar-refractivity contribution is 5.20. The summed E-state index contributed by atoms with van der Waals surface area (Å²) in [5, 5.41) is 3.40. The number of hydrogen-bond donors (Lipinski definition) is 1. The van der Waals surface area contributed by atoms with Crippen molar-refractivity contribution >= 4 is 0 Å². The van der Waals surface area contributed by atoms with Crippen LogP contribution >= 0.6 is 0 Å². The lowest BCUT2D eigenvalue weighted by Crippen LogP contribution is -2.19. The monoisotopic (exact) mass is 285 g/mol. The molecule has 21 heavy (non-hydrogen) atoms. The molecule has 0 atom stereocenters. The molecule has 0 bridgehead atoms. The number of rotatable bonds is 7. The molecule has 0 fully saturated rings. The van der Waals surface area contributed by atoms with E-state index in [1.807, 2.05) is 31.3 Å². The van der Waals surface area contributed by atoms with Crippen molar-refractivity contribution in [3.05, 3.63) is 53.6 Å². The van der Waals surface area contributed by atoms with Crippen molar-refractivity contribution in [1.82, 2.24) is 15.3 Å². The number of ether oxygens (including phenoxy) is 1. The van der Waals surface area contributed by atoms with Gasteiger partial charge in [0.05, 0.1) is 11.9 Å². The highest BCUT2D eigenvalue weighted by atomic mass is 16.5. The maximum Gasteiger partial charge on any atom is 0.138 e. The summed E-state index contributed by atoms with van der Waals surface area (Å²) in [6, 6.07) is 7.96. The van der Waals surface area contributed by atoms with Crippen LogP contribution in [0.2, 0.25) is 0 Å². The molecule has 0 amide bonds. The number of aryl methyl sites for hydroxylation is 1. The second-order valence-corrected chi connectivity index (χ2v) is 5.61. The van der Waals surface area contributed by atoms with Crippen molar-refractivity contribution in [2.75, 3.05) is 6.54 Å². The minimum atomic E-state index is 0.463. The Bertz CT molecular complexity index is 535. The molecule has 4 nitrogen and oxygen atoms in total. The Morgan fingerprint density at radius 3 is 2.57 bits per heavy atom. The van der Waals surface area contributed by atoms with Gasteiger partial charge in [-0.15, -0.1) is 0 Å². The van der Waals surface area contributed by atoms with E-state index in [9.17, 15) is 0 Å². The predicted molar refractivity (Wildman–Crippen MR) is 84.1 cm³/mol. The van der Waals surface area contributed by atoms with Crippen LogP contribution in [0.3, 0.4) is 0 Å². The summed E-state index contributed by atoms with van der Waals surface area (Å²) in [5.41, 5.74) is 3.10. The Labute approximate surface area is 126 Å². The Hall–Kier alpha value is -1.94. The first-order valence-electron chi connectivity index (χ1n) is 7.33. The zero-order chi connectivity index (χ0) is 15.1. The fourth-order valence-electron chi connectivity index (χ4n) is 1.85. The van der Waals surface area contributed by atoms with Gasteiger partial charge in [-0.2, -0.15) is 0 Å². The first kappa shape index (κ1) is 15.4. The molecule has 0 radical (unpaired) electrons. The van der Waals surface area contributed by atoms with Crippen LogP contribution in [0.15, 0.2) is 36.7 Å². The van der Waals surface area contributed by atoms with Gasteiger partial charge in [0, 0.05) is 18.4 Å². The van der Waals surface area contributed by atoms with Gasteiger partial charge >= 0.3 is 0 Å². The molecule has 4 heteroatoms. The largest absolute Gasteiger partial charge is 0.486 e. The van der Waals surface area contributed by atoms with Crippen molar-refractivity contribution in [3.8, 4) is 5.75 Å². The fourth-order valence-corrected chi connectivity index (χ4v) is 1.85. The summed E-state index contributed by atoms with van der Waals surface area (Å²) in [7, 11) is 0. The van der Waals surface area contributed by atoms with Crippen molar-refractivity contribution < 1.29 is 4.74 Å². The molecule has 2 aromatic rings. The Kier molecular flexibility index (Phi) is 5.69. The van der Waals surface area contributed by atoms with Crippen LogP contribution in [0, 0.1) is 12.8 Å². The normalized spacial score (nSPS) is 10.9. The summed E-state index contributed by atoms with van der Waals surface area (Å²) in [5.74, 6) is 1.43. The minimum absolute atomic E-state index is 0.463. The molecular formula is C17H23N3O. The topological polar surface area (TPSA) is 47.0 Å². The van der Waals surface area contributed by atoms with Gasteiger partial charge in [-0.3, -0.25) is 9.97 Å². The molecule has 0 aliphatic heterocycles. The number of nitrogens with zero attached hydrogens (tertiary/aromatic N) is 2. The summed E-state index contributed by atoms with van der Waals surface area (Å²) in [6.45, 7) is 8.69. The molecule has 2 heterocycles. The third kappa shape index (κ3) is 5.52. The molecule has 2 aromatic heterocycles. The molecule has 0 aliphatic carbocycles. The van der Waals surface area contributed by atoms with Crippen LogP contribution in [0.5, 0.6) is 5.75 Å². The summed E-state index contributed by atoms with van der Waals surface area (Å²) in [6.07, 6.45) is 3.64. The number of hydrogen-bond acceptors (Lipinski definition) is 4. The van der Waals surface area contributed by atoms with Crippen LogP contribution in [-0.2, 0) is 13.2 Å². The quantitative estimate of drug-likeness (QED) is 0.849. The Morgan fingerprint density at radius 2 is 1.95 bits per heavy atom. The second kappa shape index (κ2) is 7.74. The van der Waals surface area contributed by atoms with Crippen molar-refractivity contribution in [1.29, 1.82) is 0 Å². The molecule has 0 aromatic carbocycles. The number of aromatic nitrogens is 2. The Morgan fingerprint density at radius 1 is 1.10 bits per heavy atom. The average molecular weight is 285 g/mol. The number of pyridine rings is 2. The highest BCUT2D eigenvalue weighted by Gasteiger charge is 2.00. The zero-order valence-electron chi connectivity index (χ0n) is 13.0. The van der Waals surface area contributed by atoms with Gasteiger partial charge < -0.3 is 10.1 Å². The van der Waals surface area contributed by atoms with Gasteiger partial charge in [0.2, 0.25) is 0 Å². The standard InChI is InChI=1S/C17H23N3O/c1-13(2)8-18-9-15-5-6-16(20-10-15)12-21-17-7-4-14(3)19-11-17/h4-7,10-11,13,18H,8-9,12H2,1-3H3. The van der Waals surface area contributed by atoms with E-state index >= 15 is 0 Å². The summed E-state index contributed by atoms with van der Waals surface area (Å²) in [4.78, 5) is 8.62. The van der Waals surface area contributed by atoms with Crippen LogP contribution in [0.4, 0.5) is 0 Å². The summed E-state index contributed by atoms with van der Waals surface area (Å²) >= 11 is 0. The SMILES string of the molecule is Cc1ccc(OCc2ccc(CNCC(C)C)cn2)cn1. The Balaban J connectivity index is 1.80. The van der Waals surface area contributed by atoms with Gasteiger partial charge in [0.15, 0.2) is 0 Å². The molecule has 2 rings (SSSR count). The van der Waals surface area contributed by atoms with E-state index in [0.717, 1.165) is 30.2 Å². The second-order valence-electron chi connectivity index (χ2n) is 5.61. The maximum absolute atomic E-state index is 5.66. The molecule has 0 saturated carbocycles. The predicted octanol–water partition coefficient (Wildman–Crippen LogP) is 3.11. The zero-order valence-corrected chi connectivity index (χ0v) is 13.0. The lowest BCUT2D eigenvalue weighted by Gasteiger charge is -2.08. The van der Waals surface area contributed by atoms with Gasteiger partial charge in [0.1, 0.15) is 12.4 Å². The maximum atomic E-state index is 5.66. The minimum Gasteiger partial charge on any atom is -0.486 e. The van der Waals surface area contributed by atoms with Crippen molar-refractivity contribution in [3.63, 3.8) is 0 Å². The van der Waals surface area contributed by atoms with E-state index < -0.39 is 0 Å². The van der Waals surface area contributed by atoms with Crippen LogP contribution in [-0.4, -0.2) is 16.5 Å². The molecule has 0 spiro atoms. The lowest BCUT2D eigenvalue weighted by molar-refractivity contribution is 0.300. The summed E-state index contributed by atoms with van der Waals surface area (Å²) < 4.78 is 5.66. The first-order chi connectivity index (χ1) is 10.1. The van der Waals surface area contributed by atoms with Gasteiger partial charge in [0.25, 0.3) is 0 Å². The first-order valence-corrected chi connectivity index (χ1v) is 7.33. The van der Waals surface area contributed by atoms with E-state index in [4.69, 9.17) is 4.74 Å². The third-order valence-corrected chi connectivity index (χ3v) is 3.04. The van der Waals surface area contributed by atoms with Gasteiger partial charge in [-0.25, -0.2) is 0 Å². The molecule has 0 saturated heterocycles. The third-order valence-electron chi connectivity index (χ3n) is 3.04. The van der Waals surface area contributed by atoms with E-state index in [1.54, 1.807) is 6.20 Å². The highest BCUT2D eigenvalue weighted by Crippen LogP contribution is 2.11. The van der Waals surface area contributed by atoms with Gasteiger partial charge in [-0.05, 0) is 43.1 Å². The van der Waals surface area contributed by atoms with E-state index in [1.165, 1.54) is 5.56 Å². The lowest BCUT2D eigenvalue weighted by atomic mass is 10.2. The average Bonchev–Trinajstić information content (AvgIpc) is 2.48. The molecule has 112 valence electrons. The van der Waals surface area contributed by atoms with Crippen LogP contribution in [0.1, 0.15) is 30.8 Å². The van der Waals surface area contributed by atoms with E-state index in [-0.39, 0.29) is 0 Å².